The van der Waals surface area contributed by atoms with Crippen molar-refractivity contribution in [3.8, 4) is 0 Å². The summed E-state index contributed by atoms with van der Waals surface area (Å²) < 4.78 is 9.23. The second-order valence-corrected chi connectivity index (χ2v) is 4.25. The highest BCUT2D eigenvalue weighted by molar-refractivity contribution is 5.71. The Morgan fingerprint density at radius 3 is 2.09 bits per heavy atom. The maximum absolute atomic E-state index is 11.2. The van der Waals surface area contributed by atoms with Gasteiger partial charge in [0.2, 0.25) is 0 Å². The Balaban J connectivity index is 3.65. The predicted octanol–water partition coefficient (Wildman–Crippen LogP) is -0.654. The van der Waals surface area contributed by atoms with Gasteiger partial charge in [0.15, 0.2) is 0 Å². The van der Waals surface area contributed by atoms with Gasteiger partial charge in [-0.2, -0.15) is 0 Å². The molecule has 1 unspecified atom stereocenters. The number of hydrogen-bond acceptors (Lipinski definition) is 7. The summed E-state index contributed by atoms with van der Waals surface area (Å²) >= 11 is 0. The van der Waals surface area contributed by atoms with Crippen molar-refractivity contribution in [3.63, 3.8) is 0 Å². The van der Waals surface area contributed by atoms with Crippen LogP contribution in [0.25, 0.3) is 0 Å². The molecule has 126 valence electrons. The number of aliphatic hydroxyl groups is 1. The van der Waals surface area contributed by atoms with Crippen molar-refractivity contribution < 1.29 is 44.0 Å². The maximum Gasteiger partial charge on any atom is 0.407 e. The van der Waals surface area contributed by atoms with Crippen LogP contribution in [0.2, 0.25) is 0 Å². The van der Waals surface area contributed by atoms with E-state index in [4.69, 9.17) is 10.2 Å². The molecule has 0 aromatic heterocycles. The molecule has 10 nitrogen and oxygen atoms in total. The van der Waals surface area contributed by atoms with Gasteiger partial charge in [-0.15, -0.1) is 0 Å². The second kappa shape index (κ2) is 11.3. The SMILES string of the molecule is O=C(O)CCCC(=O)OCC(O)COC(=O)NCCC(=O)O. The molecule has 10 heteroatoms. The number of amides is 1. The van der Waals surface area contributed by atoms with Gasteiger partial charge in [-0.1, -0.05) is 0 Å². The van der Waals surface area contributed by atoms with Gasteiger partial charge in [0.05, 0.1) is 6.42 Å². The van der Waals surface area contributed by atoms with Crippen LogP contribution in [-0.2, 0) is 23.9 Å². The third-order valence-electron chi connectivity index (χ3n) is 2.22. The zero-order chi connectivity index (χ0) is 17.0. The lowest BCUT2D eigenvalue weighted by Crippen LogP contribution is -2.31. The topological polar surface area (TPSA) is 159 Å². The number of alkyl carbamates (subject to hydrolysis) is 1. The van der Waals surface area contributed by atoms with Crippen molar-refractivity contribution in [2.45, 2.75) is 31.8 Å². The quantitative estimate of drug-likeness (QED) is 0.362. The molecule has 1 atom stereocenters. The van der Waals surface area contributed by atoms with Gasteiger partial charge >= 0.3 is 24.0 Å². The van der Waals surface area contributed by atoms with Crippen LogP contribution in [0.15, 0.2) is 0 Å². The number of carboxylic acid groups (broad SMARTS) is 2. The molecular weight excluding hydrogens is 302 g/mol. The highest BCUT2D eigenvalue weighted by Gasteiger charge is 2.12. The average Bonchev–Trinajstić information content (AvgIpc) is 2.42. The number of esters is 1. The molecule has 0 bridgehead atoms. The summed E-state index contributed by atoms with van der Waals surface area (Å²) in [6.45, 7) is -0.932. The molecule has 0 aliphatic carbocycles. The smallest absolute Gasteiger partial charge is 0.407 e. The minimum Gasteiger partial charge on any atom is -0.481 e. The molecule has 22 heavy (non-hydrogen) atoms. The van der Waals surface area contributed by atoms with Crippen molar-refractivity contribution in [1.82, 2.24) is 5.32 Å². The van der Waals surface area contributed by atoms with Gasteiger partial charge in [-0.05, 0) is 6.42 Å². The number of hydrogen-bond donors (Lipinski definition) is 4. The number of carboxylic acids is 2. The van der Waals surface area contributed by atoms with E-state index < -0.39 is 43.3 Å². The van der Waals surface area contributed by atoms with Crippen molar-refractivity contribution in [2.24, 2.45) is 0 Å². The Bertz CT molecular complexity index is 360. The first kappa shape index (κ1) is 19.6. The first-order valence-corrected chi connectivity index (χ1v) is 6.49. The van der Waals surface area contributed by atoms with E-state index in [2.05, 4.69) is 14.8 Å². The molecular formula is C12H19NO9. The maximum atomic E-state index is 11.2. The number of aliphatic carboxylic acids is 2. The standard InChI is InChI=1S/C12H19NO9/c14-8(6-21-11(19)3-1-2-9(15)16)7-22-12(20)13-5-4-10(17)18/h8,14H,1-7H2,(H,13,20)(H,15,16)(H,17,18). The van der Waals surface area contributed by atoms with Crippen LogP contribution in [0.1, 0.15) is 25.7 Å². The van der Waals surface area contributed by atoms with Crippen LogP contribution >= 0.6 is 0 Å². The first-order valence-electron chi connectivity index (χ1n) is 6.49. The van der Waals surface area contributed by atoms with Gasteiger partial charge in [0.25, 0.3) is 0 Å². The van der Waals surface area contributed by atoms with Crippen LogP contribution in [0, 0.1) is 0 Å². The lowest BCUT2D eigenvalue weighted by Gasteiger charge is -2.12. The molecule has 0 aliphatic rings. The highest BCUT2D eigenvalue weighted by atomic mass is 16.6. The van der Waals surface area contributed by atoms with E-state index in [9.17, 15) is 24.3 Å². The number of aliphatic hydroxyl groups excluding tert-OH is 1. The third-order valence-corrected chi connectivity index (χ3v) is 2.22. The van der Waals surface area contributed by atoms with Crippen LogP contribution in [-0.4, -0.2) is 65.2 Å². The zero-order valence-corrected chi connectivity index (χ0v) is 11.8. The van der Waals surface area contributed by atoms with Gasteiger partial charge in [-0.25, -0.2) is 4.79 Å². The Labute approximate surface area is 126 Å². The Morgan fingerprint density at radius 1 is 0.909 bits per heavy atom. The Hall–Kier alpha value is -2.36. The molecule has 0 spiro atoms. The molecule has 0 aromatic rings. The van der Waals surface area contributed by atoms with Crippen molar-refractivity contribution >= 4 is 24.0 Å². The summed E-state index contributed by atoms with van der Waals surface area (Å²) in [5, 5.41) is 28.3. The van der Waals surface area contributed by atoms with E-state index in [1.807, 2.05) is 0 Å². The second-order valence-electron chi connectivity index (χ2n) is 4.25. The Morgan fingerprint density at radius 2 is 1.50 bits per heavy atom. The summed E-state index contributed by atoms with van der Waals surface area (Å²) in [6, 6.07) is 0. The van der Waals surface area contributed by atoms with Crippen molar-refractivity contribution in [3.05, 3.63) is 0 Å². The normalized spacial score (nSPS) is 11.3. The fraction of sp³-hybridized carbons (Fsp3) is 0.667. The van der Waals surface area contributed by atoms with Gasteiger partial charge < -0.3 is 30.1 Å². The van der Waals surface area contributed by atoms with E-state index in [1.54, 1.807) is 0 Å². The minimum absolute atomic E-state index is 0.0877. The molecule has 0 aromatic carbocycles. The summed E-state index contributed by atoms with van der Waals surface area (Å²) in [5.41, 5.74) is 0. The number of ether oxygens (including phenoxy) is 2. The third kappa shape index (κ3) is 12.7. The Kier molecular flexibility index (Phi) is 10.1. The van der Waals surface area contributed by atoms with E-state index in [0.29, 0.717) is 0 Å². The number of carbonyl (C=O) groups excluding carboxylic acids is 2. The van der Waals surface area contributed by atoms with Crippen LogP contribution in [0.4, 0.5) is 4.79 Å². The molecule has 1 amide bonds. The van der Waals surface area contributed by atoms with E-state index in [1.165, 1.54) is 0 Å². The monoisotopic (exact) mass is 321 g/mol. The summed E-state index contributed by atoms with van der Waals surface area (Å²) in [4.78, 5) is 42.7. The molecule has 0 heterocycles. The largest absolute Gasteiger partial charge is 0.481 e. The highest BCUT2D eigenvalue weighted by Crippen LogP contribution is 1.99. The molecule has 0 aliphatic heterocycles. The van der Waals surface area contributed by atoms with E-state index in [-0.39, 0.29) is 32.2 Å². The van der Waals surface area contributed by atoms with Crippen molar-refractivity contribution in [2.75, 3.05) is 19.8 Å². The molecule has 0 fully saturated rings. The molecule has 0 radical (unpaired) electrons. The van der Waals surface area contributed by atoms with Crippen LogP contribution in [0.5, 0.6) is 0 Å². The van der Waals surface area contributed by atoms with Gasteiger partial charge in [0.1, 0.15) is 19.3 Å². The summed E-state index contributed by atoms with van der Waals surface area (Å²) in [6.07, 6.45) is -2.49. The summed E-state index contributed by atoms with van der Waals surface area (Å²) in [7, 11) is 0. The summed E-state index contributed by atoms with van der Waals surface area (Å²) in [5.74, 6) is -2.75. The number of carbonyl (C=O) groups is 4. The number of rotatable bonds is 11. The predicted molar refractivity (Wildman–Crippen MR) is 70.1 cm³/mol. The number of nitrogens with one attached hydrogen (secondary N) is 1. The van der Waals surface area contributed by atoms with Crippen LogP contribution in [0.3, 0.4) is 0 Å². The first-order chi connectivity index (χ1) is 10.3. The van der Waals surface area contributed by atoms with Gasteiger partial charge in [-0.3, -0.25) is 14.4 Å². The van der Waals surface area contributed by atoms with Crippen molar-refractivity contribution in [1.29, 1.82) is 0 Å². The lowest BCUT2D eigenvalue weighted by molar-refractivity contribution is -0.147. The molecule has 0 saturated carbocycles. The fourth-order valence-electron chi connectivity index (χ4n) is 1.19. The van der Waals surface area contributed by atoms with E-state index in [0.717, 1.165) is 0 Å². The molecule has 0 rings (SSSR count). The van der Waals surface area contributed by atoms with Gasteiger partial charge in [0, 0.05) is 19.4 Å². The van der Waals surface area contributed by atoms with E-state index >= 15 is 0 Å². The fourth-order valence-corrected chi connectivity index (χ4v) is 1.19. The minimum atomic E-state index is -1.23. The lowest BCUT2D eigenvalue weighted by atomic mass is 10.2. The average molecular weight is 321 g/mol. The molecule has 4 N–H and O–H groups in total. The molecule has 0 saturated heterocycles. The van der Waals surface area contributed by atoms with Crippen LogP contribution < -0.4 is 5.32 Å². The zero-order valence-electron chi connectivity index (χ0n) is 11.8.